The average Bonchev–Trinajstić information content (AvgIpc) is 2.67. The third kappa shape index (κ3) is 10.5. The minimum atomic E-state index is -0.390. The van der Waals surface area contributed by atoms with Gasteiger partial charge in [0.1, 0.15) is 12.4 Å². The zero-order valence-corrected chi connectivity index (χ0v) is 17.4. The van der Waals surface area contributed by atoms with E-state index in [1.54, 1.807) is 0 Å². The Morgan fingerprint density at radius 2 is 1.70 bits per heavy atom. The number of carbonyl (C=O) groups is 1. The van der Waals surface area contributed by atoms with Crippen LogP contribution in [0.25, 0.3) is 0 Å². The molecule has 1 N–H and O–H groups in total. The summed E-state index contributed by atoms with van der Waals surface area (Å²) >= 11 is 0. The Labute approximate surface area is 170 Å². The summed E-state index contributed by atoms with van der Waals surface area (Å²) < 4.78 is 11.0. The molecule has 154 valence electrons. The molecule has 0 bridgehead atoms. The number of rotatable bonds is 11. The molecule has 0 spiro atoms. The molecule has 1 aromatic rings. The molecule has 0 radical (unpaired) electrons. The van der Waals surface area contributed by atoms with Crippen LogP contribution >= 0.6 is 12.4 Å². The second kappa shape index (κ2) is 14.6. The zero-order valence-electron chi connectivity index (χ0n) is 16.6. The molecular formula is C21H35ClN2O3. The minimum absolute atomic E-state index is 0. The standard InChI is InChI=1S/C21H34N2O3.ClH/c1-2-3-4-5-9-17-26-21(24)22-19-10-12-20(13-11-19)25-18-16-23-14-7-6-8-15-23;/h10-13H,2-9,14-18H2,1H3,(H,22,24);1H. The Balaban J connectivity index is 0.00000364. The van der Waals surface area contributed by atoms with Crippen LogP contribution in [0, 0.1) is 0 Å². The van der Waals surface area contributed by atoms with Crippen molar-refractivity contribution in [2.24, 2.45) is 0 Å². The van der Waals surface area contributed by atoms with Crippen molar-refractivity contribution in [3.05, 3.63) is 24.3 Å². The lowest BCUT2D eigenvalue weighted by atomic mass is 10.1. The second-order valence-electron chi connectivity index (χ2n) is 6.95. The summed E-state index contributed by atoms with van der Waals surface area (Å²) in [4.78, 5) is 14.2. The van der Waals surface area contributed by atoms with Gasteiger partial charge >= 0.3 is 6.09 Å². The van der Waals surface area contributed by atoms with Gasteiger partial charge in [-0.05, 0) is 56.6 Å². The van der Waals surface area contributed by atoms with E-state index in [0.29, 0.717) is 13.2 Å². The van der Waals surface area contributed by atoms with Crippen LogP contribution in [0.1, 0.15) is 58.3 Å². The SMILES string of the molecule is CCCCCCCOC(=O)Nc1ccc(OCCN2CCCCC2)cc1.Cl. The molecule has 1 fully saturated rings. The Kier molecular flexibility index (Phi) is 12.7. The fraction of sp³-hybridized carbons (Fsp3) is 0.667. The van der Waals surface area contributed by atoms with Crippen molar-refractivity contribution in [2.45, 2.75) is 58.3 Å². The van der Waals surface area contributed by atoms with Crippen molar-refractivity contribution < 1.29 is 14.3 Å². The predicted octanol–water partition coefficient (Wildman–Crippen LogP) is 5.49. The van der Waals surface area contributed by atoms with E-state index >= 15 is 0 Å². The Morgan fingerprint density at radius 1 is 1.00 bits per heavy atom. The molecule has 0 aliphatic carbocycles. The summed E-state index contributed by atoms with van der Waals surface area (Å²) in [7, 11) is 0. The van der Waals surface area contributed by atoms with Gasteiger partial charge < -0.3 is 9.47 Å². The van der Waals surface area contributed by atoms with E-state index in [1.807, 2.05) is 24.3 Å². The van der Waals surface area contributed by atoms with Gasteiger partial charge in [0, 0.05) is 12.2 Å². The summed E-state index contributed by atoms with van der Waals surface area (Å²) in [6.07, 6.45) is 9.29. The van der Waals surface area contributed by atoms with Gasteiger partial charge in [0.25, 0.3) is 0 Å². The first kappa shape index (κ1) is 23.6. The number of ether oxygens (including phenoxy) is 2. The number of nitrogens with zero attached hydrogens (tertiary/aromatic N) is 1. The highest BCUT2D eigenvalue weighted by molar-refractivity contribution is 5.85. The molecule has 2 rings (SSSR count). The lowest BCUT2D eigenvalue weighted by molar-refractivity contribution is 0.159. The van der Waals surface area contributed by atoms with Gasteiger partial charge in [-0.15, -0.1) is 12.4 Å². The maximum absolute atomic E-state index is 11.8. The Morgan fingerprint density at radius 3 is 2.41 bits per heavy atom. The van der Waals surface area contributed by atoms with Gasteiger partial charge in [-0.1, -0.05) is 39.0 Å². The number of amides is 1. The van der Waals surface area contributed by atoms with Crippen molar-refractivity contribution in [1.82, 2.24) is 4.90 Å². The fourth-order valence-corrected chi connectivity index (χ4v) is 3.13. The number of unbranched alkanes of at least 4 members (excludes halogenated alkanes) is 4. The van der Waals surface area contributed by atoms with Gasteiger partial charge in [-0.3, -0.25) is 10.2 Å². The Bertz CT molecular complexity index is 505. The van der Waals surface area contributed by atoms with Gasteiger partial charge in [0.15, 0.2) is 0 Å². The van der Waals surface area contributed by atoms with Crippen molar-refractivity contribution in [3.8, 4) is 5.75 Å². The number of likely N-dealkylation sites (tertiary alicyclic amines) is 1. The molecule has 1 aliphatic rings. The number of hydrogen-bond donors (Lipinski definition) is 1. The number of hydrogen-bond acceptors (Lipinski definition) is 4. The molecule has 1 saturated heterocycles. The summed E-state index contributed by atoms with van der Waals surface area (Å²) in [6, 6.07) is 7.46. The molecular weight excluding hydrogens is 364 g/mol. The summed E-state index contributed by atoms with van der Waals surface area (Å²) in [5, 5.41) is 2.75. The normalized spacial score (nSPS) is 14.3. The largest absolute Gasteiger partial charge is 0.492 e. The van der Waals surface area contributed by atoms with E-state index in [1.165, 1.54) is 51.6 Å². The van der Waals surface area contributed by atoms with Crippen LogP contribution < -0.4 is 10.1 Å². The summed E-state index contributed by atoms with van der Waals surface area (Å²) in [5.74, 6) is 0.830. The lowest BCUT2D eigenvalue weighted by Gasteiger charge is -2.26. The topological polar surface area (TPSA) is 50.8 Å². The monoisotopic (exact) mass is 398 g/mol. The van der Waals surface area contributed by atoms with Crippen molar-refractivity contribution >= 4 is 24.2 Å². The van der Waals surface area contributed by atoms with Crippen LogP contribution in [0.15, 0.2) is 24.3 Å². The average molecular weight is 399 g/mol. The van der Waals surface area contributed by atoms with E-state index in [0.717, 1.165) is 30.8 Å². The molecule has 27 heavy (non-hydrogen) atoms. The van der Waals surface area contributed by atoms with E-state index in [9.17, 15) is 4.79 Å². The molecule has 1 aliphatic heterocycles. The highest BCUT2D eigenvalue weighted by Gasteiger charge is 2.09. The van der Waals surface area contributed by atoms with E-state index < -0.39 is 0 Å². The molecule has 0 unspecified atom stereocenters. The van der Waals surface area contributed by atoms with Gasteiger partial charge in [0.05, 0.1) is 6.61 Å². The molecule has 5 nitrogen and oxygen atoms in total. The first-order chi connectivity index (χ1) is 12.8. The molecule has 1 amide bonds. The van der Waals surface area contributed by atoms with Crippen LogP contribution in [0.3, 0.4) is 0 Å². The third-order valence-corrected chi connectivity index (χ3v) is 4.71. The number of piperidine rings is 1. The highest BCUT2D eigenvalue weighted by Crippen LogP contribution is 2.16. The molecule has 0 saturated carbocycles. The maximum Gasteiger partial charge on any atom is 0.411 e. The quantitative estimate of drug-likeness (QED) is 0.500. The highest BCUT2D eigenvalue weighted by atomic mass is 35.5. The molecule has 1 aromatic carbocycles. The van der Waals surface area contributed by atoms with Gasteiger partial charge in [0.2, 0.25) is 0 Å². The van der Waals surface area contributed by atoms with E-state index in [2.05, 4.69) is 17.1 Å². The van der Waals surface area contributed by atoms with Crippen molar-refractivity contribution in [1.29, 1.82) is 0 Å². The zero-order chi connectivity index (χ0) is 18.5. The van der Waals surface area contributed by atoms with E-state index in [4.69, 9.17) is 9.47 Å². The molecule has 0 aromatic heterocycles. The van der Waals surface area contributed by atoms with Crippen LogP contribution in [0.5, 0.6) is 5.75 Å². The molecule has 6 heteroatoms. The summed E-state index contributed by atoms with van der Waals surface area (Å²) in [6.45, 7) is 6.72. The number of benzene rings is 1. The smallest absolute Gasteiger partial charge is 0.411 e. The van der Waals surface area contributed by atoms with Crippen molar-refractivity contribution in [3.63, 3.8) is 0 Å². The van der Waals surface area contributed by atoms with Gasteiger partial charge in [-0.25, -0.2) is 4.79 Å². The minimum Gasteiger partial charge on any atom is -0.492 e. The molecule has 0 atom stereocenters. The van der Waals surface area contributed by atoms with Crippen LogP contribution in [-0.4, -0.2) is 43.8 Å². The van der Waals surface area contributed by atoms with Gasteiger partial charge in [-0.2, -0.15) is 0 Å². The summed E-state index contributed by atoms with van der Waals surface area (Å²) in [5.41, 5.74) is 0.726. The van der Waals surface area contributed by atoms with E-state index in [-0.39, 0.29) is 18.5 Å². The number of carbonyl (C=O) groups excluding carboxylic acids is 1. The van der Waals surface area contributed by atoms with Crippen LogP contribution in [-0.2, 0) is 4.74 Å². The van der Waals surface area contributed by atoms with Crippen LogP contribution in [0.4, 0.5) is 10.5 Å². The first-order valence-electron chi connectivity index (χ1n) is 10.2. The number of halogens is 1. The maximum atomic E-state index is 11.8. The lowest BCUT2D eigenvalue weighted by Crippen LogP contribution is -2.33. The number of nitrogens with one attached hydrogen (secondary N) is 1. The third-order valence-electron chi connectivity index (χ3n) is 4.71. The fourth-order valence-electron chi connectivity index (χ4n) is 3.13. The molecule has 1 heterocycles. The van der Waals surface area contributed by atoms with Crippen molar-refractivity contribution in [2.75, 3.05) is 38.2 Å². The van der Waals surface area contributed by atoms with Crippen LogP contribution in [0.2, 0.25) is 0 Å². The Hall–Kier alpha value is -1.46. The second-order valence-corrected chi connectivity index (χ2v) is 6.95. The predicted molar refractivity (Wildman–Crippen MR) is 113 cm³/mol. The number of anilines is 1. The first-order valence-corrected chi connectivity index (χ1v) is 10.2.